The molecule has 0 amide bonds. The fourth-order valence-electron chi connectivity index (χ4n) is 4.37. The number of benzene rings is 2. The van der Waals surface area contributed by atoms with Crippen LogP contribution in [0.25, 0.3) is 0 Å². The molecule has 2 aromatic rings. The van der Waals surface area contributed by atoms with E-state index in [0.29, 0.717) is 11.3 Å². The van der Waals surface area contributed by atoms with Gasteiger partial charge < -0.3 is 9.47 Å². The zero-order chi connectivity index (χ0) is 25.1. The van der Waals surface area contributed by atoms with Crippen molar-refractivity contribution in [3.8, 4) is 5.75 Å². The van der Waals surface area contributed by atoms with Crippen LogP contribution in [0.4, 0.5) is 0 Å². The van der Waals surface area contributed by atoms with Gasteiger partial charge in [0.05, 0.1) is 11.7 Å². The molecule has 0 N–H and O–H groups in total. The van der Waals surface area contributed by atoms with Crippen molar-refractivity contribution in [3.05, 3.63) is 65.2 Å². The van der Waals surface area contributed by atoms with Gasteiger partial charge in [-0.05, 0) is 55.2 Å². The molecule has 35 heavy (non-hydrogen) atoms. The monoisotopic (exact) mass is 480 g/mol. The van der Waals surface area contributed by atoms with Gasteiger partial charge in [0.1, 0.15) is 5.75 Å². The van der Waals surface area contributed by atoms with Crippen LogP contribution in [-0.2, 0) is 11.2 Å². The summed E-state index contributed by atoms with van der Waals surface area (Å²) in [5, 5.41) is 0. The smallest absolute Gasteiger partial charge is 0.343 e. The maximum atomic E-state index is 12.5. The molecule has 0 aliphatic heterocycles. The van der Waals surface area contributed by atoms with Crippen molar-refractivity contribution >= 4 is 5.97 Å². The van der Waals surface area contributed by atoms with Crippen LogP contribution in [-0.4, -0.2) is 12.6 Å². The Bertz CT molecular complexity index is 795. The number of carbonyl (C=O) groups is 1. The lowest BCUT2D eigenvalue weighted by molar-refractivity contribution is 0.0626. The predicted octanol–water partition coefficient (Wildman–Crippen LogP) is 9.64. The number of rotatable bonds is 19. The first-order chi connectivity index (χ1) is 17.1. The lowest BCUT2D eigenvalue weighted by Crippen LogP contribution is -2.09. The molecule has 1 atom stereocenters. The van der Waals surface area contributed by atoms with E-state index in [1.165, 1.54) is 76.2 Å². The van der Waals surface area contributed by atoms with Gasteiger partial charge in [0.2, 0.25) is 0 Å². The number of ether oxygens (including phenoxy) is 2. The van der Waals surface area contributed by atoms with Gasteiger partial charge in [0.15, 0.2) is 0 Å². The normalized spacial score (nSPS) is 12.0. The predicted molar refractivity (Wildman–Crippen MR) is 147 cm³/mol. The van der Waals surface area contributed by atoms with Gasteiger partial charge in [-0.1, -0.05) is 115 Å². The molecule has 0 radical (unpaired) electrons. The van der Waals surface area contributed by atoms with Crippen molar-refractivity contribution in [2.24, 2.45) is 0 Å². The van der Waals surface area contributed by atoms with E-state index in [4.69, 9.17) is 9.47 Å². The molecule has 3 nitrogen and oxygen atoms in total. The number of aryl methyl sites for hydroxylation is 1. The first-order valence-electron chi connectivity index (χ1n) is 14.2. The molecule has 2 aromatic carbocycles. The lowest BCUT2D eigenvalue weighted by atomic mass is 10.1. The largest absolute Gasteiger partial charge is 0.423 e. The van der Waals surface area contributed by atoms with Gasteiger partial charge >= 0.3 is 5.97 Å². The molecule has 0 spiro atoms. The van der Waals surface area contributed by atoms with Crippen molar-refractivity contribution in [2.45, 2.75) is 117 Å². The Morgan fingerprint density at radius 3 is 1.77 bits per heavy atom. The van der Waals surface area contributed by atoms with Crippen molar-refractivity contribution in [1.29, 1.82) is 0 Å². The quantitative estimate of drug-likeness (QED) is 0.114. The molecule has 194 valence electrons. The molecule has 3 heteroatoms. The fraction of sp³-hybridized carbons (Fsp3) is 0.594. The molecular formula is C32H48O3. The number of esters is 1. The minimum atomic E-state index is -0.329. The van der Waals surface area contributed by atoms with Crippen molar-refractivity contribution < 1.29 is 14.3 Å². The van der Waals surface area contributed by atoms with Crippen LogP contribution in [0.2, 0.25) is 0 Å². The second-order valence-corrected chi connectivity index (χ2v) is 9.81. The van der Waals surface area contributed by atoms with Gasteiger partial charge in [-0.15, -0.1) is 0 Å². The van der Waals surface area contributed by atoms with E-state index in [9.17, 15) is 4.79 Å². The number of carbonyl (C=O) groups excluding carboxylic acids is 1. The van der Waals surface area contributed by atoms with Gasteiger partial charge in [-0.2, -0.15) is 0 Å². The van der Waals surface area contributed by atoms with Gasteiger partial charge in [0, 0.05) is 6.61 Å². The van der Waals surface area contributed by atoms with E-state index in [0.717, 1.165) is 31.4 Å². The molecule has 0 aliphatic rings. The molecule has 2 rings (SSSR count). The summed E-state index contributed by atoms with van der Waals surface area (Å²) in [6, 6.07) is 15.3. The molecular weight excluding hydrogens is 432 g/mol. The summed E-state index contributed by atoms with van der Waals surface area (Å²) >= 11 is 0. The summed E-state index contributed by atoms with van der Waals surface area (Å²) in [6.07, 6.45) is 18.4. The molecule has 0 saturated heterocycles. The van der Waals surface area contributed by atoms with E-state index in [1.54, 1.807) is 0 Å². The summed E-state index contributed by atoms with van der Waals surface area (Å²) < 4.78 is 11.5. The Kier molecular flexibility index (Phi) is 15.1. The highest BCUT2D eigenvalue weighted by Gasteiger charge is 2.11. The highest BCUT2D eigenvalue weighted by atomic mass is 16.5. The maximum absolute atomic E-state index is 12.5. The van der Waals surface area contributed by atoms with E-state index in [2.05, 4.69) is 20.8 Å². The van der Waals surface area contributed by atoms with Crippen LogP contribution in [0, 0.1) is 0 Å². The number of unbranched alkanes of at least 4 members (excludes halogenated alkanes) is 11. The fourth-order valence-corrected chi connectivity index (χ4v) is 4.37. The molecule has 0 saturated carbocycles. The second-order valence-electron chi connectivity index (χ2n) is 9.81. The molecule has 0 fully saturated rings. The van der Waals surface area contributed by atoms with Crippen LogP contribution in [0.15, 0.2) is 48.5 Å². The minimum Gasteiger partial charge on any atom is -0.423 e. The molecule has 0 bridgehead atoms. The summed E-state index contributed by atoms with van der Waals surface area (Å²) in [5.74, 6) is 0.253. The topological polar surface area (TPSA) is 35.5 Å². The Hall–Kier alpha value is -2.13. The zero-order valence-corrected chi connectivity index (χ0v) is 22.5. The Morgan fingerprint density at radius 2 is 1.23 bits per heavy atom. The van der Waals surface area contributed by atoms with E-state index in [-0.39, 0.29) is 12.1 Å². The first kappa shape index (κ1) is 29.1. The first-order valence-corrected chi connectivity index (χ1v) is 14.2. The van der Waals surface area contributed by atoms with Gasteiger partial charge in [0.25, 0.3) is 0 Å². The second kappa shape index (κ2) is 18.2. The average Bonchev–Trinajstić information content (AvgIpc) is 2.88. The minimum absolute atomic E-state index is 0.0267. The Morgan fingerprint density at radius 1 is 0.686 bits per heavy atom. The van der Waals surface area contributed by atoms with Crippen molar-refractivity contribution in [2.75, 3.05) is 6.61 Å². The summed E-state index contributed by atoms with van der Waals surface area (Å²) in [7, 11) is 0. The summed E-state index contributed by atoms with van der Waals surface area (Å²) in [6.45, 7) is 7.29. The van der Waals surface area contributed by atoms with Crippen molar-refractivity contribution in [1.82, 2.24) is 0 Å². The lowest BCUT2D eigenvalue weighted by Gasteiger charge is -2.14. The number of hydrogen-bond donors (Lipinski definition) is 0. The summed E-state index contributed by atoms with van der Waals surface area (Å²) in [4.78, 5) is 12.5. The molecule has 1 unspecified atom stereocenters. The maximum Gasteiger partial charge on any atom is 0.343 e. The third-order valence-corrected chi connectivity index (χ3v) is 6.65. The zero-order valence-electron chi connectivity index (χ0n) is 22.5. The Balaban J connectivity index is 1.56. The summed E-state index contributed by atoms with van der Waals surface area (Å²) in [5.41, 5.74) is 2.90. The van der Waals surface area contributed by atoms with Gasteiger partial charge in [-0.25, -0.2) is 4.79 Å². The van der Waals surface area contributed by atoms with Gasteiger partial charge in [-0.3, -0.25) is 0 Å². The molecule has 0 heterocycles. The standard InChI is InChI=1S/C32H48O3/c1-4-6-7-8-9-10-11-12-13-14-15-16-26-34-27(3)29-20-22-30(23-21-29)32(33)35-31-24-18-28(17-5-2)19-25-31/h18-25,27H,4-17,26H2,1-3H3. The highest BCUT2D eigenvalue weighted by molar-refractivity contribution is 5.91. The van der Waals surface area contributed by atoms with E-state index < -0.39 is 0 Å². The van der Waals surface area contributed by atoms with Crippen molar-refractivity contribution in [3.63, 3.8) is 0 Å². The highest BCUT2D eigenvalue weighted by Crippen LogP contribution is 2.20. The molecule has 0 aliphatic carbocycles. The van der Waals surface area contributed by atoms with Crippen LogP contribution in [0.3, 0.4) is 0 Å². The van der Waals surface area contributed by atoms with E-state index in [1.807, 2.05) is 48.5 Å². The van der Waals surface area contributed by atoms with Crippen LogP contribution in [0.5, 0.6) is 5.75 Å². The van der Waals surface area contributed by atoms with Crippen LogP contribution in [0.1, 0.15) is 132 Å². The van der Waals surface area contributed by atoms with E-state index >= 15 is 0 Å². The Labute approximate surface area is 214 Å². The molecule has 0 aromatic heterocycles. The third kappa shape index (κ3) is 12.4. The van der Waals surface area contributed by atoms with Crippen LogP contribution < -0.4 is 4.74 Å². The third-order valence-electron chi connectivity index (χ3n) is 6.65. The average molecular weight is 481 g/mol. The number of hydrogen-bond acceptors (Lipinski definition) is 3. The van der Waals surface area contributed by atoms with Crippen LogP contribution >= 0.6 is 0 Å². The SMILES string of the molecule is CCCCCCCCCCCCCCOC(C)c1ccc(C(=O)Oc2ccc(CCC)cc2)cc1.